The van der Waals surface area contributed by atoms with E-state index in [-0.39, 0.29) is 17.9 Å². The summed E-state index contributed by atoms with van der Waals surface area (Å²) in [5.41, 5.74) is 1.31. The van der Waals surface area contributed by atoms with Gasteiger partial charge in [0.25, 0.3) is 0 Å². The van der Waals surface area contributed by atoms with Crippen LogP contribution in [0.3, 0.4) is 0 Å². The van der Waals surface area contributed by atoms with E-state index in [9.17, 15) is 4.79 Å². The standard InChI is InChI=1S/C18H20ClN9O2/c1-10-4-3-5-12(19)13(10)23-14(29)15-26-27-18(30-15)25-16-21-11(2)22-17(24-16)28-8-6-20-7-9-28/h3-5,20H,6-9H2,1-2H3,(H,23,29)(H,21,22,24,25,27). The van der Waals surface area contributed by atoms with Crippen molar-refractivity contribution in [3.8, 4) is 0 Å². The molecule has 0 radical (unpaired) electrons. The van der Waals surface area contributed by atoms with Crippen LogP contribution in [0.1, 0.15) is 22.1 Å². The third-order valence-corrected chi connectivity index (χ3v) is 4.75. The second-order valence-corrected chi connectivity index (χ2v) is 7.07. The van der Waals surface area contributed by atoms with Crippen LogP contribution in [-0.4, -0.2) is 57.2 Å². The van der Waals surface area contributed by atoms with Crippen LogP contribution in [0.15, 0.2) is 22.6 Å². The molecule has 3 N–H and O–H groups in total. The summed E-state index contributed by atoms with van der Waals surface area (Å²) in [6.07, 6.45) is 0. The van der Waals surface area contributed by atoms with Crippen LogP contribution in [0.25, 0.3) is 0 Å². The number of halogens is 1. The number of rotatable bonds is 5. The Morgan fingerprint density at radius 2 is 1.97 bits per heavy atom. The zero-order valence-corrected chi connectivity index (χ0v) is 17.2. The molecule has 0 unspecified atom stereocenters. The van der Waals surface area contributed by atoms with Crippen LogP contribution >= 0.6 is 11.6 Å². The summed E-state index contributed by atoms with van der Waals surface area (Å²) in [5.74, 6) is 0.587. The van der Waals surface area contributed by atoms with Crippen LogP contribution in [0.4, 0.5) is 23.6 Å². The monoisotopic (exact) mass is 429 g/mol. The number of benzene rings is 1. The Morgan fingerprint density at radius 1 is 1.17 bits per heavy atom. The van der Waals surface area contributed by atoms with Crippen molar-refractivity contribution in [1.29, 1.82) is 0 Å². The van der Waals surface area contributed by atoms with E-state index in [0.29, 0.717) is 22.5 Å². The Kier molecular flexibility index (Phi) is 5.72. The van der Waals surface area contributed by atoms with Crippen LogP contribution < -0.4 is 20.9 Å². The van der Waals surface area contributed by atoms with Gasteiger partial charge in [0, 0.05) is 26.2 Å². The minimum Gasteiger partial charge on any atom is -0.399 e. The molecule has 3 aromatic rings. The highest BCUT2D eigenvalue weighted by Crippen LogP contribution is 2.26. The van der Waals surface area contributed by atoms with E-state index in [2.05, 4.69) is 46.0 Å². The first-order valence-corrected chi connectivity index (χ1v) is 9.73. The van der Waals surface area contributed by atoms with Crippen molar-refractivity contribution in [3.63, 3.8) is 0 Å². The Labute approximate surface area is 177 Å². The van der Waals surface area contributed by atoms with Gasteiger partial charge in [0.05, 0.1) is 10.7 Å². The Morgan fingerprint density at radius 3 is 2.73 bits per heavy atom. The van der Waals surface area contributed by atoms with Crippen molar-refractivity contribution in [1.82, 2.24) is 30.5 Å². The van der Waals surface area contributed by atoms with Gasteiger partial charge < -0.3 is 20.0 Å². The van der Waals surface area contributed by atoms with Gasteiger partial charge in [0.15, 0.2) is 0 Å². The third-order valence-electron chi connectivity index (χ3n) is 4.43. The molecular formula is C18H20ClN9O2. The van der Waals surface area contributed by atoms with E-state index in [0.717, 1.165) is 31.7 Å². The van der Waals surface area contributed by atoms with Crippen molar-refractivity contribution in [3.05, 3.63) is 40.5 Å². The average Bonchev–Trinajstić information content (AvgIpc) is 3.19. The number of nitrogens with one attached hydrogen (secondary N) is 3. The summed E-state index contributed by atoms with van der Waals surface area (Å²) >= 11 is 6.14. The lowest BCUT2D eigenvalue weighted by atomic mass is 10.2. The Bertz CT molecular complexity index is 1050. The molecule has 4 rings (SSSR count). The fourth-order valence-corrected chi connectivity index (χ4v) is 3.22. The summed E-state index contributed by atoms with van der Waals surface area (Å²) in [4.78, 5) is 27.6. The molecule has 2 aromatic heterocycles. The molecule has 3 heterocycles. The Hall–Kier alpha value is -3.31. The molecule has 0 aliphatic carbocycles. The molecule has 1 saturated heterocycles. The second-order valence-electron chi connectivity index (χ2n) is 6.67. The molecule has 11 nitrogen and oxygen atoms in total. The van der Waals surface area contributed by atoms with Gasteiger partial charge >= 0.3 is 17.8 Å². The van der Waals surface area contributed by atoms with E-state index in [4.69, 9.17) is 16.0 Å². The van der Waals surface area contributed by atoms with Crippen molar-refractivity contribution < 1.29 is 9.21 Å². The van der Waals surface area contributed by atoms with Crippen LogP contribution in [0, 0.1) is 13.8 Å². The maximum Gasteiger partial charge on any atom is 0.322 e. The van der Waals surface area contributed by atoms with Gasteiger partial charge in [-0.2, -0.15) is 15.0 Å². The molecule has 0 atom stereocenters. The number of piperazine rings is 1. The number of anilines is 4. The molecule has 156 valence electrons. The molecule has 0 spiro atoms. The first kappa shape index (κ1) is 20.0. The van der Waals surface area contributed by atoms with E-state index in [1.807, 2.05) is 13.0 Å². The lowest BCUT2D eigenvalue weighted by Crippen LogP contribution is -2.44. The van der Waals surface area contributed by atoms with E-state index < -0.39 is 5.91 Å². The largest absolute Gasteiger partial charge is 0.399 e. The van der Waals surface area contributed by atoms with Gasteiger partial charge in [-0.15, -0.1) is 5.10 Å². The summed E-state index contributed by atoms with van der Waals surface area (Å²) in [6.45, 7) is 6.93. The van der Waals surface area contributed by atoms with Crippen LogP contribution in [0.2, 0.25) is 5.02 Å². The van der Waals surface area contributed by atoms with Gasteiger partial charge in [-0.05, 0) is 25.5 Å². The molecule has 1 aromatic carbocycles. The smallest absolute Gasteiger partial charge is 0.322 e. The number of aryl methyl sites for hydroxylation is 2. The van der Waals surface area contributed by atoms with E-state index >= 15 is 0 Å². The van der Waals surface area contributed by atoms with Crippen molar-refractivity contribution in [2.75, 3.05) is 41.7 Å². The normalized spacial score (nSPS) is 13.9. The van der Waals surface area contributed by atoms with Crippen LogP contribution in [-0.2, 0) is 0 Å². The zero-order valence-electron chi connectivity index (χ0n) is 16.4. The minimum atomic E-state index is -0.569. The van der Waals surface area contributed by atoms with Gasteiger partial charge in [-0.25, -0.2) is 0 Å². The van der Waals surface area contributed by atoms with E-state index in [1.54, 1.807) is 19.1 Å². The SMILES string of the molecule is Cc1nc(Nc2nnc(C(=O)Nc3c(C)cccc3Cl)o2)nc(N2CCNCC2)n1. The molecule has 0 saturated carbocycles. The zero-order chi connectivity index (χ0) is 21.1. The predicted molar refractivity (Wildman–Crippen MR) is 111 cm³/mol. The van der Waals surface area contributed by atoms with Crippen LogP contribution in [0.5, 0.6) is 0 Å². The minimum absolute atomic E-state index is 0.00658. The molecule has 1 amide bonds. The number of nitrogens with zero attached hydrogens (tertiary/aromatic N) is 6. The molecular weight excluding hydrogens is 410 g/mol. The highest BCUT2D eigenvalue weighted by molar-refractivity contribution is 6.34. The lowest BCUT2D eigenvalue weighted by Gasteiger charge is -2.27. The first-order chi connectivity index (χ1) is 14.5. The average molecular weight is 430 g/mol. The first-order valence-electron chi connectivity index (χ1n) is 9.35. The number of aromatic nitrogens is 5. The van der Waals surface area contributed by atoms with Gasteiger partial charge in [-0.3, -0.25) is 10.1 Å². The maximum atomic E-state index is 12.5. The third kappa shape index (κ3) is 4.47. The number of hydrogen-bond acceptors (Lipinski definition) is 10. The number of carbonyl (C=O) groups is 1. The second kappa shape index (κ2) is 8.59. The summed E-state index contributed by atoms with van der Waals surface area (Å²) in [5, 5.41) is 16.8. The fourth-order valence-electron chi connectivity index (χ4n) is 2.95. The highest BCUT2D eigenvalue weighted by atomic mass is 35.5. The number of para-hydroxylation sites is 1. The molecule has 1 fully saturated rings. The molecule has 0 bridgehead atoms. The predicted octanol–water partition coefficient (Wildman–Crippen LogP) is 1.93. The summed E-state index contributed by atoms with van der Waals surface area (Å²) in [6, 6.07) is 5.31. The quantitative estimate of drug-likeness (QED) is 0.552. The number of carbonyl (C=O) groups excluding carboxylic acids is 1. The van der Waals surface area contributed by atoms with Crippen molar-refractivity contribution in [2.45, 2.75) is 13.8 Å². The maximum absolute atomic E-state index is 12.5. The summed E-state index contributed by atoms with van der Waals surface area (Å²) in [7, 11) is 0. The number of amides is 1. The highest BCUT2D eigenvalue weighted by Gasteiger charge is 2.19. The fraction of sp³-hybridized carbons (Fsp3) is 0.333. The molecule has 1 aliphatic rings. The van der Waals surface area contributed by atoms with Crippen molar-refractivity contribution in [2.24, 2.45) is 0 Å². The number of hydrogen-bond donors (Lipinski definition) is 3. The van der Waals surface area contributed by atoms with Gasteiger partial charge in [0.2, 0.25) is 11.9 Å². The van der Waals surface area contributed by atoms with Crippen molar-refractivity contribution >= 4 is 41.1 Å². The van der Waals surface area contributed by atoms with Gasteiger partial charge in [0.1, 0.15) is 5.82 Å². The summed E-state index contributed by atoms with van der Waals surface area (Å²) < 4.78 is 5.41. The van der Waals surface area contributed by atoms with Gasteiger partial charge in [-0.1, -0.05) is 28.8 Å². The molecule has 1 aliphatic heterocycles. The lowest BCUT2D eigenvalue weighted by molar-refractivity contribution is 0.0991. The molecule has 30 heavy (non-hydrogen) atoms. The molecule has 12 heteroatoms. The van der Waals surface area contributed by atoms with E-state index in [1.165, 1.54) is 0 Å². The Balaban J connectivity index is 1.48. The topological polar surface area (TPSA) is 134 Å².